The van der Waals surface area contributed by atoms with Crippen LogP contribution < -0.4 is 5.32 Å². The van der Waals surface area contributed by atoms with E-state index < -0.39 is 28.9 Å². The summed E-state index contributed by atoms with van der Waals surface area (Å²) in [7, 11) is 0.181. The first-order valence-electron chi connectivity index (χ1n) is 4.82. The van der Waals surface area contributed by atoms with Crippen LogP contribution in [0.3, 0.4) is 0 Å². The second kappa shape index (κ2) is 8.09. The van der Waals surface area contributed by atoms with Crippen LogP contribution in [-0.2, 0) is 25.1 Å². The molecule has 0 saturated carbocycles. The summed E-state index contributed by atoms with van der Waals surface area (Å²) < 4.78 is 20.1. The third-order valence-corrected chi connectivity index (χ3v) is 2.55. The van der Waals surface area contributed by atoms with E-state index >= 15 is 0 Å². The Kier molecular flexibility index (Phi) is 7.53. The van der Waals surface area contributed by atoms with Gasteiger partial charge in [-0.3, -0.25) is 4.21 Å². The molecule has 0 bridgehead atoms. The highest BCUT2D eigenvalue weighted by Crippen LogP contribution is 1.98. The van der Waals surface area contributed by atoms with Crippen molar-refractivity contribution >= 4 is 22.9 Å². The lowest BCUT2D eigenvalue weighted by Gasteiger charge is -2.15. The van der Waals surface area contributed by atoms with E-state index in [9.17, 15) is 13.8 Å². The lowest BCUT2D eigenvalue weighted by Crippen LogP contribution is -2.42. The molecular formula is C9H17NO5S. The topological polar surface area (TPSA) is 81.7 Å². The predicted octanol–water partition coefficient (Wildman–Crippen LogP) is 0.0427. The number of amides is 1. The fourth-order valence-corrected chi connectivity index (χ4v) is 1.54. The molecule has 0 saturated heterocycles. The number of nitrogens with one attached hydrogen (secondary N) is 1. The number of esters is 1. The van der Waals surface area contributed by atoms with Crippen LogP contribution >= 0.6 is 0 Å². The molecule has 1 unspecified atom stereocenters. The van der Waals surface area contributed by atoms with Gasteiger partial charge in [0.2, 0.25) is 0 Å². The summed E-state index contributed by atoms with van der Waals surface area (Å²) in [6.45, 7) is 1.90. The molecule has 0 aromatic rings. The Bertz CT molecular complexity index is 269. The molecule has 0 aliphatic rings. The molecule has 7 heteroatoms. The molecule has 1 N–H and O–H groups in total. The van der Waals surface area contributed by atoms with Gasteiger partial charge in [0.25, 0.3) is 0 Å². The number of rotatable bonds is 6. The van der Waals surface area contributed by atoms with Crippen molar-refractivity contribution in [2.24, 2.45) is 0 Å². The summed E-state index contributed by atoms with van der Waals surface area (Å²) >= 11 is 0. The molecule has 0 aromatic heterocycles. The second-order valence-electron chi connectivity index (χ2n) is 3.01. The van der Waals surface area contributed by atoms with E-state index in [4.69, 9.17) is 4.74 Å². The van der Waals surface area contributed by atoms with Gasteiger partial charge in [0.1, 0.15) is 6.04 Å². The zero-order valence-corrected chi connectivity index (χ0v) is 10.5. The molecule has 0 aromatic carbocycles. The second-order valence-corrected chi connectivity index (χ2v) is 4.56. The Balaban J connectivity index is 4.31. The van der Waals surface area contributed by atoms with Crippen molar-refractivity contribution in [3.8, 4) is 0 Å². The summed E-state index contributed by atoms with van der Waals surface area (Å²) in [5, 5.41) is 2.34. The zero-order chi connectivity index (χ0) is 12.6. The van der Waals surface area contributed by atoms with Gasteiger partial charge in [-0.05, 0) is 13.3 Å². The highest BCUT2D eigenvalue weighted by atomic mass is 32.2. The minimum absolute atomic E-state index is 0.230. The highest BCUT2D eigenvalue weighted by molar-refractivity contribution is 7.84. The van der Waals surface area contributed by atoms with E-state index in [0.29, 0.717) is 5.75 Å². The van der Waals surface area contributed by atoms with Gasteiger partial charge in [-0.25, -0.2) is 9.59 Å². The van der Waals surface area contributed by atoms with Crippen molar-refractivity contribution in [3.05, 3.63) is 0 Å². The van der Waals surface area contributed by atoms with E-state index in [1.54, 1.807) is 6.92 Å². The number of carbonyl (C=O) groups is 2. The zero-order valence-electron chi connectivity index (χ0n) is 9.65. The summed E-state index contributed by atoms with van der Waals surface area (Å²) in [5.74, 6) is -0.230. The fourth-order valence-electron chi connectivity index (χ4n) is 0.977. The number of alkyl carbamates (subject to hydrolysis) is 1. The predicted molar refractivity (Wildman–Crippen MR) is 59.5 cm³/mol. The molecule has 2 atom stereocenters. The third-order valence-electron chi connectivity index (χ3n) is 1.74. The van der Waals surface area contributed by atoms with Crippen molar-refractivity contribution in [1.29, 1.82) is 0 Å². The average Bonchev–Trinajstić information content (AvgIpc) is 2.23. The van der Waals surface area contributed by atoms with Crippen LogP contribution in [0.1, 0.15) is 13.3 Å². The minimum Gasteiger partial charge on any atom is -0.464 e. The van der Waals surface area contributed by atoms with Gasteiger partial charge in [0.05, 0.1) is 13.7 Å². The van der Waals surface area contributed by atoms with Crippen molar-refractivity contribution in [2.45, 2.75) is 19.4 Å². The first kappa shape index (κ1) is 14.9. The van der Waals surface area contributed by atoms with E-state index in [0.717, 1.165) is 0 Å². The summed E-state index contributed by atoms with van der Waals surface area (Å²) in [5.41, 5.74) is 0. The lowest BCUT2D eigenvalue weighted by molar-refractivity contribution is -0.145. The SMILES string of the molecule is CCOC(=O)[C@@H](CCS(C)=O)NC(=O)OC. The average molecular weight is 251 g/mol. The molecular weight excluding hydrogens is 234 g/mol. The maximum atomic E-state index is 11.4. The molecule has 0 spiro atoms. The third kappa shape index (κ3) is 6.39. The molecule has 0 aliphatic carbocycles. The van der Waals surface area contributed by atoms with Gasteiger partial charge >= 0.3 is 12.1 Å². The first-order valence-corrected chi connectivity index (χ1v) is 6.55. The van der Waals surface area contributed by atoms with Gasteiger partial charge in [-0.2, -0.15) is 0 Å². The first-order chi connectivity index (χ1) is 7.51. The maximum Gasteiger partial charge on any atom is 0.407 e. The van der Waals surface area contributed by atoms with Crippen LogP contribution in [0, 0.1) is 0 Å². The minimum atomic E-state index is -1.02. The number of hydrogen-bond donors (Lipinski definition) is 1. The Morgan fingerprint density at radius 2 is 2.06 bits per heavy atom. The Hall–Kier alpha value is -1.11. The Morgan fingerprint density at radius 3 is 2.50 bits per heavy atom. The molecule has 0 fully saturated rings. The summed E-state index contributed by atoms with van der Waals surface area (Å²) in [6, 6.07) is -0.809. The summed E-state index contributed by atoms with van der Waals surface area (Å²) in [6.07, 6.45) is 1.08. The molecule has 1 amide bonds. The number of carbonyl (C=O) groups excluding carboxylic acids is 2. The smallest absolute Gasteiger partial charge is 0.407 e. The van der Waals surface area contributed by atoms with Crippen LogP contribution in [0.4, 0.5) is 4.79 Å². The van der Waals surface area contributed by atoms with Crippen LogP contribution in [-0.4, -0.2) is 48.0 Å². The Morgan fingerprint density at radius 1 is 1.44 bits per heavy atom. The molecule has 16 heavy (non-hydrogen) atoms. The molecule has 6 nitrogen and oxygen atoms in total. The maximum absolute atomic E-state index is 11.4. The van der Waals surface area contributed by atoms with E-state index in [1.165, 1.54) is 13.4 Å². The van der Waals surface area contributed by atoms with Crippen molar-refractivity contribution in [2.75, 3.05) is 25.7 Å². The van der Waals surface area contributed by atoms with Crippen molar-refractivity contribution < 1.29 is 23.3 Å². The Labute approximate surface area is 97.1 Å². The van der Waals surface area contributed by atoms with Crippen LogP contribution in [0.15, 0.2) is 0 Å². The molecule has 0 rings (SSSR count). The van der Waals surface area contributed by atoms with Gasteiger partial charge in [0, 0.05) is 22.8 Å². The van der Waals surface area contributed by atoms with Crippen LogP contribution in [0.2, 0.25) is 0 Å². The molecule has 0 aliphatic heterocycles. The van der Waals surface area contributed by atoms with Crippen molar-refractivity contribution in [1.82, 2.24) is 5.32 Å². The summed E-state index contributed by atoms with van der Waals surface area (Å²) in [4.78, 5) is 22.4. The van der Waals surface area contributed by atoms with E-state index in [1.807, 2.05) is 0 Å². The highest BCUT2D eigenvalue weighted by Gasteiger charge is 2.22. The fraction of sp³-hybridized carbons (Fsp3) is 0.778. The van der Waals surface area contributed by atoms with Crippen molar-refractivity contribution in [3.63, 3.8) is 0 Å². The van der Waals surface area contributed by atoms with Crippen LogP contribution in [0.5, 0.6) is 0 Å². The van der Waals surface area contributed by atoms with Crippen LogP contribution in [0.25, 0.3) is 0 Å². The van der Waals surface area contributed by atoms with E-state index in [-0.39, 0.29) is 13.0 Å². The van der Waals surface area contributed by atoms with Gasteiger partial charge in [0.15, 0.2) is 0 Å². The largest absolute Gasteiger partial charge is 0.464 e. The van der Waals surface area contributed by atoms with E-state index in [2.05, 4.69) is 10.1 Å². The number of hydrogen-bond acceptors (Lipinski definition) is 5. The molecule has 0 heterocycles. The molecule has 94 valence electrons. The van der Waals surface area contributed by atoms with Gasteiger partial charge in [-0.1, -0.05) is 0 Å². The normalized spacial score (nSPS) is 13.7. The molecule has 0 radical (unpaired) electrons. The number of methoxy groups -OCH3 is 1. The standard InChI is InChI=1S/C9H17NO5S/c1-4-15-8(11)7(5-6-16(3)13)10-9(12)14-2/h7H,4-6H2,1-3H3,(H,10,12)/t7-,16?/m1/s1. The number of ether oxygens (including phenoxy) is 2. The lowest BCUT2D eigenvalue weighted by atomic mass is 10.2. The monoisotopic (exact) mass is 251 g/mol. The van der Waals surface area contributed by atoms with Gasteiger partial charge in [-0.15, -0.1) is 0 Å². The van der Waals surface area contributed by atoms with Gasteiger partial charge < -0.3 is 14.8 Å². The quantitative estimate of drug-likeness (QED) is 0.674.